The van der Waals surface area contributed by atoms with Crippen LogP contribution in [0, 0.1) is 0 Å². The Balaban J connectivity index is 3.92. The Morgan fingerprint density at radius 1 is 1.50 bits per heavy atom. The van der Waals surface area contributed by atoms with Crippen LogP contribution in [0.15, 0.2) is 0 Å². The van der Waals surface area contributed by atoms with E-state index >= 15 is 0 Å². The third kappa shape index (κ3) is 8.06. The van der Waals surface area contributed by atoms with Crippen molar-refractivity contribution < 1.29 is 26.9 Å². The molecule has 0 spiro atoms. The largest absolute Gasteiger partial charge is 0.354 e. The first-order chi connectivity index (χ1) is 4.21. The molecule has 0 aliphatic carbocycles. The first-order valence-electron chi connectivity index (χ1n) is 2.09. The van der Waals surface area contributed by atoms with Crippen LogP contribution in [-0.2, 0) is 23.7 Å². The molecule has 0 bridgehead atoms. The van der Waals surface area contributed by atoms with Gasteiger partial charge in [0.2, 0.25) is 0 Å². The van der Waals surface area contributed by atoms with Crippen molar-refractivity contribution >= 4 is 17.7 Å². The molecular formula is C2H7O6PS. The molecule has 0 aliphatic rings. The molecule has 0 saturated carbocycles. The summed E-state index contributed by atoms with van der Waals surface area (Å²) in [6, 6.07) is 0. The van der Waals surface area contributed by atoms with Gasteiger partial charge in [0.25, 0.3) is 10.1 Å². The fraction of sp³-hybridized carbons (Fsp3) is 1.00. The fourth-order valence-electron chi connectivity index (χ4n) is 0.112. The predicted molar refractivity (Wildman–Crippen MR) is 32.8 cm³/mol. The molecule has 0 aromatic rings. The zero-order valence-corrected chi connectivity index (χ0v) is 7.05. The molecule has 8 heteroatoms. The molecule has 0 aliphatic heterocycles. The van der Waals surface area contributed by atoms with E-state index in [0.717, 1.165) is 6.66 Å². The van der Waals surface area contributed by atoms with Gasteiger partial charge in [0, 0.05) is 6.66 Å². The van der Waals surface area contributed by atoms with Crippen LogP contribution in [0.1, 0.15) is 0 Å². The lowest BCUT2D eigenvalue weighted by Crippen LogP contribution is -2.01. The van der Waals surface area contributed by atoms with E-state index in [1.54, 1.807) is 0 Å². The van der Waals surface area contributed by atoms with Crippen LogP contribution >= 0.6 is 7.60 Å². The van der Waals surface area contributed by atoms with Gasteiger partial charge in [-0.25, -0.2) is 0 Å². The number of hydrogen-bond acceptors (Lipinski definition) is 5. The topological polar surface area (TPSA) is 89.9 Å². The van der Waals surface area contributed by atoms with Crippen LogP contribution in [0.3, 0.4) is 0 Å². The average molecular weight is 190 g/mol. The molecule has 6 nitrogen and oxygen atoms in total. The van der Waals surface area contributed by atoms with Crippen molar-refractivity contribution in [2.24, 2.45) is 0 Å². The van der Waals surface area contributed by atoms with Gasteiger partial charge in [-0.1, -0.05) is 4.33 Å². The van der Waals surface area contributed by atoms with Crippen molar-refractivity contribution in [3.8, 4) is 0 Å². The monoisotopic (exact) mass is 190 g/mol. The Morgan fingerprint density at radius 2 is 1.90 bits per heavy atom. The summed E-state index contributed by atoms with van der Waals surface area (Å²) >= 11 is 0. The van der Waals surface area contributed by atoms with Crippen molar-refractivity contribution in [1.82, 2.24) is 0 Å². The summed E-state index contributed by atoms with van der Waals surface area (Å²) in [6.45, 7) is 0.804. The van der Waals surface area contributed by atoms with E-state index in [4.69, 9.17) is 4.89 Å². The summed E-state index contributed by atoms with van der Waals surface area (Å²) in [6.07, 6.45) is 0.697. The molecular weight excluding hydrogens is 183 g/mol. The molecule has 0 rings (SSSR count). The molecule has 0 aromatic heterocycles. The maximum atomic E-state index is 10.2. The Morgan fingerprint density at radius 3 is 2.00 bits per heavy atom. The summed E-state index contributed by atoms with van der Waals surface area (Å²) in [4.78, 5) is 8.32. The molecule has 0 aromatic carbocycles. The quantitative estimate of drug-likeness (QED) is 0.373. The summed E-state index contributed by atoms with van der Waals surface area (Å²) in [7, 11) is -7.68. The Kier molecular flexibility index (Phi) is 3.00. The third-order valence-corrected chi connectivity index (χ3v) is 1.06. The van der Waals surface area contributed by atoms with Crippen molar-refractivity contribution in [2.75, 3.05) is 12.9 Å². The van der Waals surface area contributed by atoms with Gasteiger partial charge in [-0.05, 0) is 0 Å². The Labute approximate surface area is 58.4 Å². The van der Waals surface area contributed by atoms with E-state index in [9.17, 15) is 13.0 Å². The Bertz CT molecular complexity index is 234. The summed E-state index contributed by atoms with van der Waals surface area (Å²) in [5.74, 6) is 0. The second-order valence-electron chi connectivity index (χ2n) is 1.65. The van der Waals surface area contributed by atoms with Gasteiger partial charge in [0.15, 0.2) is 0 Å². The molecule has 0 heterocycles. The summed E-state index contributed by atoms with van der Waals surface area (Å²) in [5, 5.41) is 0. The van der Waals surface area contributed by atoms with Gasteiger partial charge in [0.05, 0.1) is 6.26 Å². The van der Waals surface area contributed by atoms with Crippen LogP contribution in [-0.4, -0.2) is 26.2 Å². The van der Waals surface area contributed by atoms with E-state index < -0.39 is 17.7 Å². The number of rotatable bonds is 3. The molecule has 10 heavy (non-hydrogen) atoms. The molecule has 1 unspecified atom stereocenters. The molecule has 62 valence electrons. The van der Waals surface area contributed by atoms with Crippen LogP contribution in [0.25, 0.3) is 0 Å². The molecule has 0 saturated heterocycles. The van der Waals surface area contributed by atoms with Gasteiger partial charge >= 0.3 is 7.60 Å². The molecule has 1 atom stereocenters. The molecule has 0 fully saturated rings. The van der Waals surface area contributed by atoms with E-state index in [0.29, 0.717) is 6.26 Å². The van der Waals surface area contributed by atoms with Gasteiger partial charge < -0.3 is 4.89 Å². The highest BCUT2D eigenvalue weighted by Crippen LogP contribution is 2.37. The van der Waals surface area contributed by atoms with E-state index in [2.05, 4.69) is 9.01 Å². The van der Waals surface area contributed by atoms with Crippen LogP contribution in [0.2, 0.25) is 0 Å². The first-order valence-corrected chi connectivity index (χ1v) is 5.93. The van der Waals surface area contributed by atoms with Gasteiger partial charge in [-0.3, -0.25) is 4.57 Å². The highest BCUT2D eigenvalue weighted by molar-refractivity contribution is 7.86. The number of hydrogen-bond donors (Lipinski definition) is 1. The zero-order valence-electron chi connectivity index (χ0n) is 5.34. The second kappa shape index (κ2) is 2.98. The standard InChI is InChI=1S/C2H7O6PS/c1-9(3,4)7-8-10(2,5)6/h1-2H3,(H,3,4). The van der Waals surface area contributed by atoms with Crippen molar-refractivity contribution in [1.29, 1.82) is 0 Å². The zero-order chi connectivity index (χ0) is 8.41. The van der Waals surface area contributed by atoms with E-state index in [-0.39, 0.29) is 0 Å². The van der Waals surface area contributed by atoms with E-state index in [1.165, 1.54) is 0 Å². The highest BCUT2D eigenvalue weighted by atomic mass is 32.2. The third-order valence-electron chi connectivity index (χ3n) is 0.292. The first kappa shape index (κ1) is 10.1. The summed E-state index contributed by atoms with van der Waals surface area (Å²) in [5.41, 5.74) is 0. The van der Waals surface area contributed by atoms with Crippen LogP contribution < -0.4 is 0 Å². The maximum absolute atomic E-state index is 10.2. The molecule has 0 amide bonds. The minimum absolute atomic E-state index is 0.697. The minimum atomic E-state index is -3.86. The smallest absolute Gasteiger partial charge is 0.323 e. The SMILES string of the molecule is CP(=O)(O)OOS(C)(=O)=O. The van der Waals surface area contributed by atoms with Crippen molar-refractivity contribution in [2.45, 2.75) is 0 Å². The Hall–Kier alpha value is 0.0600. The maximum Gasteiger partial charge on any atom is 0.354 e. The van der Waals surface area contributed by atoms with Gasteiger partial charge in [0.1, 0.15) is 0 Å². The highest BCUT2D eigenvalue weighted by Gasteiger charge is 2.15. The summed E-state index contributed by atoms with van der Waals surface area (Å²) < 4.78 is 37.6. The minimum Gasteiger partial charge on any atom is -0.323 e. The van der Waals surface area contributed by atoms with E-state index in [1.807, 2.05) is 0 Å². The predicted octanol–water partition coefficient (Wildman–Crippen LogP) is -0.291. The normalized spacial score (nSPS) is 18.3. The fourth-order valence-corrected chi connectivity index (χ4v) is 1.01. The van der Waals surface area contributed by atoms with Gasteiger partial charge in [-0.15, -0.1) is 4.67 Å². The molecule has 1 N–H and O–H groups in total. The lowest BCUT2D eigenvalue weighted by molar-refractivity contribution is -0.0994. The van der Waals surface area contributed by atoms with Crippen LogP contribution in [0.5, 0.6) is 0 Å². The van der Waals surface area contributed by atoms with Crippen LogP contribution in [0.4, 0.5) is 0 Å². The van der Waals surface area contributed by atoms with Crippen molar-refractivity contribution in [3.05, 3.63) is 0 Å². The van der Waals surface area contributed by atoms with Crippen molar-refractivity contribution in [3.63, 3.8) is 0 Å². The lowest BCUT2D eigenvalue weighted by Gasteiger charge is -2.01. The second-order valence-corrected chi connectivity index (χ2v) is 4.95. The average Bonchev–Trinajstić information content (AvgIpc) is 1.57. The molecule has 0 radical (unpaired) electrons. The lowest BCUT2D eigenvalue weighted by atomic mass is 12.0. The van der Waals surface area contributed by atoms with Gasteiger partial charge in [-0.2, -0.15) is 8.42 Å².